The third-order valence-electron chi connectivity index (χ3n) is 1.94. The van der Waals surface area contributed by atoms with E-state index in [1.54, 1.807) is 0 Å². The zero-order valence-corrected chi connectivity index (χ0v) is 7.50. The molecule has 1 aromatic heterocycles. The highest BCUT2D eigenvalue weighted by molar-refractivity contribution is 5.77. The lowest BCUT2D eigenvalue weighted by Gasteiger charge is -2.16. The maximum Gasteiger partial charge on any atom is 0.150 e. The molecule has 0 fully saturated rings. The summed E-state index contributed by atoms with van der Waals surface area (Å²) >= 11 is 0. The van der Waals surface area contributed by atoms with Gasteiger partial charge in [-0.25, -0.2) is 0 Å². The summed E-state index contributed by atoms with van der Waals surface area (Å²) in [4.78, 5) is 14.4. The average Bonchev–Trinajstić information content (AvgIpc) is 2.26. The van der Waals surface area contributed by atoms with Crippen molar-refractivity contribution in [2.75, 3.05) is 6.54 Å². The zero-order chi connectivity index (χ0) is 10.6. The Morgan fingerprint density at radius 3 is 2.86 bits per heavy atom. The van der Waals surface area contributed by atoms with Crippen molar-refractivity contribution >= 4 is 6.29 Å². The second-order valence-electron chi connectivity index (χ2n) is 2.87. The lowest BCUT2D eigenvalue weighted by molar-refractivity contribution is 0.0237. The van der Waals surface area contributed by atoms with Gasteiger partial charge < -0.3 is 15.9 Å². The Kier molecular flexibility index (Phi) is 3.70. The molecule has 5 nitrogen and oxygen atoms in total. The highest BCUT2D eigenvalue weighted by atomic mass is 16.3. The molecule has 0 aliphatic carbocycles. The summed E-state index contributed by atoms with van der Waals surface area (Å²) in [6.45, 7) is -0.0750. The molecule has 0 aromatic carbocycles. The summed E-state index contributed by atoms with van der Waals surface area (Å²) < 4.78 is 0. The first-order valence-corrected chi connectivity index (χ1v) is 4.16. The number of nitrogens with zero attached hydrogens (tertiary/aromatic N) is 1. The quantitative estimate of drug-likeness (QED) is 0.550. The maximum atomic E-state index is 10.6. The van der Waals surface area contributed by atoms with Crippen molar-refractivity contribution in [2.45, 2.75) is 12.2 Å². The fourth-order valence-corrected chi connectivity index (χ4v) is 1.11. The molecular formula is C9H12N2O3. The van der Waals surface area contributed by atoms with Crippen LogP contribution >= 0.6 is 0 Å². The summed E-state index contributed by atoms with van der Waals surface area (Å²) in [5.41, 5.74) is 5.78. The SMILES string of the molecule is NCC(O)C(O)c1cnccc1C=O. The molecule has 1 rings (SSSR count). The van der Waals surface area contributed by atoms with Crippen LogP contribution in [0, 0.1) is 0 Å². The average molecular weight is 196 g/mol. The van der Waals surface area contributed by atoms with E-state index in [2.05, 4.69) is 4.98 Å². The molecule has 5 heteroatoms. The lowest BCUT2D eigenvalue weighted by atomic mass is 10.0. The molecule has 0 aliphatic heterocycles. The molecule has 1 heterocycles. The zero-order valence-electron chi connectivity index (χ0n) is 7.50. The summed E-state index contributed by atoms with van der Waals surface area (Å²) in [6.07, 6.45) is 1.12. The number of nitrogens with two attached hydrogens (primary N) is 1. The number of carbonyl (C=O) groups excluding carboxylic acids is 1. The summed E-state index contributed by atoms with van der Waals surface area (Å²) in [7, 11) is 0. The van der Waals surface area contributed by atoms with Crippen LogP contribution in [0.4, 0.5) is 0 Å². The first-order valence-electron chi connectivity index (χ1n) is 4.16. The van der Waals surface area contributed by atoms with Gasteiger partial charge in [0, 0.05) is 30.1 Å². The number of aromatic nitrogens is 1. The van der Waals surface area contributed by atoms with Gasteiger partial charge in [-0.2, -0.15) is 0 Å². The molecule has 0 radical (unpaired) electrons. The van der Waals surface area contributed by atoms with E-state index in [0.29, 0.717) is 17.4 Å². The number of hydrogen-bond donors (Lipinski definition) is 3. The van der Waals surface area contributed by atoms with Crippen molar-refractivity contribution in [3.63, 3.8) is 0 Å². The molecule has 2 unspecified atom stereocenters. The van der Waals surface area contributed by atoms with Crippen LogP contribution < -0.4 is 5.73 Å². The van der Waals surface area contributed by atoms with Crippen LogP contribution in [0.5, 0.6) is 0 Å². The number of carbonyl (C=O) groups is 1. The van der Waals surface area contributed by atoms with Crippen molar-refractivity contribution in [1.82, 2.24) is 4.98 Å². The van der Waals surface area contributed by atoms with Gasteiger partial charge in [-0.3, -0.25) is 9.78 Å². The predicted octanol–water partition coefficient (Wildman–Crippen LogP) is -0.753. The Hall–Kier alpha value is -1.30. The minimum Gasteiger partial charge on any atom is -0.389 e. The highest BCUT2D eigenvalue weighted by Crippen LogP contribution is 2.18. The topological polar surface area (TPSA) is 96.4 Å². The number of rotatable bonds is 4. The van der Waals surface area contributed by atoms with Crippen molar-refractivity contribution in [3.8, 4) is 0 Å². The van der Waals surface area contributed by atoms with Crippen LogP contribution in [0.15, 0.2) is 18.5 Å². The van der Waals surface area contributed by atoms with Crippen molar-refractivity contribution in [1.29, 1.82) is 0 Å². The first-order chi connectivity index (χ1) is 6.70. The van der Waals surface area contributed by atoms with Crippen LogP contribution in [0.1, 0.15) is 22.0 Å². The summed E-state index contributed by atoms with van der Waals surface area (Å²) in [5, 5.41) is 18.9. The first kappa shape index (κ1) is 10.8. The van der Waals surface area contributed by atoms with Gasteiger partial charge in [0.2, 0.25) is 0 Å². The van der Waals surface area contributed by atoms with Crippen LogP contribution in [0.2, 0.25) is 0 Å². The second-order valence-corrected chi connectivity index (χ2v) is 2.87. The molecule has 4 N–H and O–H groups in total. The Morgan fingerprint density at radius 1 is 1.57 bits per heavy atom. The van der Waals surface area contributed by atoms with Crippen LogP contribution in [0.25, 0.3) is 0 Å². The predicted molar refractivity (Wildman–Crippen MR) is 49.6 cm³/mol. The minimum absolute atomic E-state index is 0.0750. The van der Waals surface area contributed by atoms with Crippen LogP contribution in [0.3, 0.4) is 0 Å². The molecule has 0 aliphatic rings. The van der Waals surface area contributed by atoms with Crippen LogP contribution in [-0.2, 0) is 0 Å². The number of hydrogen-bond acceptors (Lipinski definition) is 5. The van der Waals surface area contributed by atoms with Gasteiger partial charge in [0.15, 0.2) is 6.29 Å². The fourth-order valence-electron chi connectivity index (χ4n) is 1.11. The van der Waals surface area contributed by atoms with E-state index in [1.807, 2.05) is 0 Å². The van der Waals surface area contributed by atoms with E-state index in [0.717, 1.165) is 0 Å². The monoisotopic (exact) mass is 196 g/mol. The lowest BCUT2D eigenvalue weighted by Crippen LogP contribution is -2.27. The normalized spacial score (nSPS) is 14.8. The number of aliphatic hydroxyl groups excluding tert-OH is 2. The molecular weight excluding hydrogens is 184 g/mol. The maximum absolute atomic E-state index is 10.6. The molecule has 0 bridgehead atoms. The molecule has 2 atom stereocenters. The Labute approximate surface area is 81.2 Å². The van der Waals surface area contributed by atoms with Gasteiger partial charge in [-0.15, -0.1) is 0 Å². The van der Waals surface area contributed by atoms with Gasteiger partial charge in [-0.05, 0) is 6.07 Å². The van der Waals surface area contributed by atoms with E-state index in [4.69, 9.17) is 5.73 Å². The second kappa shape index (κ2) is 4.80. The van der Waals surface area contributed by atoms with E-state index < -0.39 is 12.2 Å². The van der Waals surface area contributed by atoms with E-state index in [-0.39, 0.29) is 6.54 Å². The van der Waals surface area contributed by atoms with Crippen molar-refractivity contribution in [2.24, 2.45) is 5.73 Å². The molecule has 0 saturated heterocycles. The molecule has 0 amide bonds. The van der Waals surface area contributed by atoms with Gasteiger partial charge in [0.1, 0.15) is 6.10 Å². The summed E-state index contributed by atoms with van der Waals surface area (Å²) in [5.74, 6) is 0. The third kappa shape index (κ3) is 2.14. The van der Waals surface area contributed by atoms with E-state index in [1.165, 1.54) is 18.5 Å². The number of pyridine rings is 1. The standard InChI is InChI=1S/C9H12N2O3/c10-3-8(13)9(14)7-4-11-2-1-6(7)5-12/h1-2,4-5,8-9,13-14H,3,10H2. The molecule has 14 heavy (non-hydrogen) atoms. The molecule has 0 spiro atoms. The Balaban J connectivity index is 2.99. The Bertz CT molecular complexity index is 317. The molecule has 76 valence electrons. The van der Waals surface area contributed by atoms with Crippen molar-refractivity contribution in [3.05, 3.63) is 29.6 Å². The van der Waals surface area contributed by atoms with E-state index in [9.17, 15) is 15.0 Å². The molecule has 0 saturated carbocycles. The summed E-state index contributed by atoms with van der Waals surface area (Å²) in [6, 6.07) is 1.47. The van der Waals surface area contributed by atoms with Gasteiger partial charge >= 0.3 is 0 Å². The number of aliphatic hydroxyl groups is 2. The fraction of sp³-hybridized carbons (Fsp3) is 0.333. The van der Waals surface area contributed by atoms with E-state index >= 15 is 0 Å². The van der Waals surface area contributed by atoms with Gasteiger partial charge in [0.25, 0.3) is 0 Å². The smallest absolute Gasteiger partial charge is 0.150 e. The molecule has 1 aromatic rings. The Morgan fingerprint density at radius 2 is 2.29 bits per heavy atom. The number of aldehydes is 1. The minimum atomic E-state index is -1.17. The van der Waals surface area contributed by atoms with Gasteiger partial charge in [0.05, 0.1) is 6.10 Å². The highest BCUT2D eigenvalue weighted by Gasteiger charge is 2.19. The van der Waals surface area contributed by atoms with Crippen molar-refractivity contribution < 1.29 is 15.0 Å². The van der Waals surface area contributed by atoms with Crippen LogP contribution in [-0.4, -0.2) is 34.1 Å². The third-order valence-corrected chi connectivity index (χ3v) is 1.94. The largest absolute Gasteiger partial charge is 0.389 e. The van der Waals surface area contributed by atoms with Gasteiger partial charge in [-0.1, -0.05) is 0 Å².